The molecule has 3 aliphatic rings. The number of carbonyl (C=O) groups is 1. The molecule has 38 heavy (non-hydrogen) atoms. The zero-order valence-electron chi connectivity index (χ0n) is 20.0. The monoisotopic (exact) mass is 573 g/mol. The number of hydrogen-bond acceptors (Lipinski definition) is 5. The molecule has 1 aromatic heterocycles. The highest BCUT2D eigenvalue weighted by atomic mass is 32.2. The zero-order valence-corrected chi connectivity index (χ0v) is 22.4. The van der Waals surface area contributed by atoms with Gasteiger partial charge in [-0.15, -0.1) is 0 Å². The Hall–Kier alpha value is -2.76. The van der Waals surface area contributed by atoms with Crippen molar-refractivity contribution in [3.63, 3.8) is 0 Å². The van der Waals surface area contributed by atoms with Crippen LogP contribution in [0.15, 0.2) is 75.2 Å². The largest absolute Gasteiger partial charge is 0.416 e. The number of aromatic nitrogens is 1. The van der Waals surface area contributed by atoms with Gasteiger partial charge in [-0.25, -0.2) is 0 Å². The van der Waals surface area contributed by atoms with E-state index in [0.29, 0.717) is 34.5 Å². The predicted molar refractivity (Wildman–Crippen MR) is 147 cm³/mol. The van der Waals surface area contributed by atoms with Gasteiger partial charge in [-0.1, -0.05) is 53.9 Å². The topological polar surface area (TPSA) is 45.6 Å². The molecule has 2 bridgehead atoms. The summed E-state index contributed by atoms with van der Waals surface area (Å²) in [6.45, 7) is 2.02. The molecular weight excluding hydrogens is 552 g/mol. The number of amides is 1. The lowest BCUT2D eigenvalue weighted by molar-refractivity contribution is -0.137. The molecule has 2 atom stereocenters. The Balaban J connectivity index is 1.21. The number of thiocarbonyl (C=S) groups is 1. The number of likely N-dealkylation sites (tertiary alicyclic amines) is 1. The van der Waals surface area contributed by atoms with Crippen molar-refractivity contribution in [2.24, 2.45) is 5.92 Å². The number of pyridine rings is 1. The maximum Gasteiger partial charge on any atom is 0.416 e. The minimum absolute atomic E-state index is 0.00457. The fourth-order valence-electron chi connectivity index (χ4n) is 5.52. The second kappa shape index (κ2) is 9.77. The number of hydrogen-bond donors (Lipinski definition) is 0. The third-order valence-corrected chi connectivity index (χ3v) is 9.80. The van der Waals surface area contributed by atoms with Gasteiger partial charge >= 0.3 is 6.18 Å². The SMILES string of the molecule is O=C(CSC(=S)N1C[C@@H]2C[C@@H](C1)c1cccc(=O)n1C2)N1c2ccccc2Sc2ccc(C(F)(F)F)cc21. The van der Waals surface area contributed by atoms with Gasteiger partial charge in [-0.3, -0.25) is 14.5 Å². The Bertz CT molecular complexity index is 1510. The van der Waals surface area contributed by atoms with Gasteiger partial charge < -0.3 is 9.47 Å². The van der Waals surface area contributed by atoms with Crippen LogP contribution in [0.2, 0.25) is 0 Å². The zero-order chi connectivity index (χ0) is 26.6. The van der Waals surface area contributed by atoms with Crippen LogP contribution in [0, 0.1) is 5.92 Å². The third kappa shape index (κ3) is 4.65. The lowest BCUT2D eigenvalue weighted by Crippen LogP contribution is -2.48. The first-order valence-corrected chi connectivity index (χ1v) is 14.3. The van der Waals surface area contributed by atoms with E-state index < -0.39 is 11.7 Å². The second-order valence-corrected chi connectivity index (χ2v) is 12.3. The van der Waals surface area contributed by atoms with Crippen LogP contribution in [0.1, 0.15) is 23.6 Å². The molecule has 3 aromatic rings. The average Bonchev–Trinajstić information content (AvgIpc) is 2.89. The summed E-state index contributed by atoms with van der Waals surface area (Å²) in [6, 6.07) is 16.1. The number of fused-ring (bicyclic) bond motifs is 6. The lowest BCUT2D eigenvalue weighted by atomic mass is 9.83. The van der Waals surface area contributed by atoms with Crippen molar-refractivity contribution < 1.29 is 18.0 Å². The molecule has 0 N–H and O–H groups in total. The van der Waals surface area contributed by atoms with Crippen LogP contribution in [0.4, 0.5) is 24.5 Å². The summed E-state index contributed by atoms with van der Waals surface area (Å²) in [5, 5.41) is 0. The average molecular weight is 574 g/mol. The third-order valence-electron chi connectivity index (χ3n) is 7.16. The normalized spacial score (nSPS) is 19.9. The first kappa shape index (κ1) is 25.5. The van der Waals surface area contributed by atoms with Gasteiger partial charge in [0.15, 0.2) is 0 Å². The summed E-state index contributed by atoms with van der Waals surface area (Å²) < 4.78 is 42.9. The molecule has 6 rings (SSSR count). The van der Waals surface area contributed by atoms with Crippen LogP contribution in [-0.4, -0.2) is 38.5 Å². The van der Waals surface area contributed by atoms with Crippen molar-refractivity contribution in [1.29, 1.82) is 0 Å². The van der Waals surface area contributed by atoms with Gasteiger partial charge in [0.2, 0.25) is 5.91 Å². The maximum atomic E-state index is 13.6. The Labute approximate surface area is 231 Å². The van der Waals surface area contributed by atoms with Crippen LogP contribution < -0.4 is 10.5 Å². The number of rotatable bonds is 2. The van der Waals surface area contributed by atoms with E-state index in [9.17, 15) is 22.8 Å². The maximum absolute atomic E-state index is 13.6. The Morgan fingerprint density at radius 2 is 1.79 bits per heavy atom. The highest BCUT2D eigenvalue weighted by Crippen LogP contribution is 2.49. The number of para-hydroxylation sites is 1. The molecule has 1 fully saturated rings. The van der Waals surface area contributed by atoms with E-state index in [4.69, 9.17) is 12.2 Å². The van der Waals surface area contributed by atoms with Crippen molar-refractivity contribution in [2.75, 3.05) is 23.7 Å². The highest BCUT2D eigenvalue weighted by Gasteiger charge is 2.37. The van der Waals surface area contributed by atoms with E-state index in [1.54, 1.807) is 24.3 Å². The number of carbonyl (C=O) groups excluding carboxylic acids is 1. The molecular formula is C27H22F3N3O2S3. The fourth-order valence-corrected chi connectivity index (χ4v) is 7.60. The lowest BCUT2D eigenvalue weighted by Gasteiger charge is -2.43. The molecule has 0 radical (unpaired) electrons. The van der Waals surface area contributed by atoms with E-state index in [0.717, 1.165) is 29.1 Å². The highest BCUT2D eigenvalue weighted by molar-refractivity contribution is 8.23. The van der Waals surface area contributed by atoms with Crippen molar-refractivity contribution in [3.05, 3.63) is 82.3 Å². The minimum Gasteiger partial charge on any atom is -0.356 e. The molecule has 4 heterocycles. The Morgan fingerprint density at radius 3 is 2.61 bits per heavy atom. The van der Waals surface area contributed by atoms with Gasteiger partial charge in [0.25, 0.3) is 5.56 Å². The summed E-state index contributed by atoms with van der Waals surface area (Å²) in [7, 11) is 0. The fraction of sp³-hybridized carbons (Fsp3) is 0.296. The number of thioether (sulfide) groups is 1. The predicted octanol–water partition coefficient (Wildman–Crippen LogP) is 6.13. The number of benzene rings is 2. The van der Waals surface area contributed by atoms with E-state index in [-0.39, 0.29) is 34.7 Å². The van der Waals surface area contributed by atoms with Crippen molar-refractivity contribution in [3.8, 4) is 0 Å². The summed E-state index contributed by atoms with van der Waals surface area (Å²) >= 11 is 8.30. The molecule has 0 unspecified atom stereocenters. The van der Waals surface area contributed by atoms with Crippen LogP contribution in [0.25, 0.3) is 0 Å². The molecule has 1 amide bonds. The number of piperidine rings is 1. The number of alkyl halides is 3. The Kier molecular flexibility index (Phi) is 6.56. The van der Waals surface area contributed by atoms with E-state index in [1.807, 2.05) is 22.8 Å². The van der Waals surface area contributed by atoms with Crippen LogP contribution in [-0.2, 0) is 17.5 Å². The smallest absolute Gasteiger partial charge is 0.356 e. The van der Waals surface area contributed by atoms with E-state index in [1.165, 1.54) is 34.5 Å². The summed E-state index contributed by atoms with van der Waals surface area (Å²) in [6.07, 6.45) is -3.52. The van der Waals surface area contributed by atoms with Crippen LogP contribution in [0.5, 0.6) is 0 Å². The van der Waals surface area contributed by atoms with E-state index in [2.05, 4.69) is 4.90 Å². The van der Waals surface area contributed by atoms with Gasteiger partial charge in [0.1, 0.15) is 4.32 Å². The van der Waals surface area contributed by atoms with Gasteiger partial charge in [0.05, 0.1) is 22.7 Å². The number of halogens is 3. The molecule has 5 nitrogen and oxygen atoms in total. The van der Waals surface area contributed by atoms with Gasteiger partial charge in [0, 0.05) is 47.1 Å². The van der Waals surface area contributed by atoms with Crippen molar-refractivity contribution >= 4 is 57.3 Å². The molecule has 0 aliphatic carbocycles. The van der Waals surface area contributed by atoms with Gasteiger partial charge in [-0.2, -0.15) is 13.2 Å². The molecule has 3 aliphatic heterocycles. The minimum atomic E-state index is -4.52. The summed E-state index contributed by atoms with van der Waals surface area (Å²) in [4.78, 5) is 30.8. The molecule has 0 spiro atoms. The first-order chi connectivity index (χ1) is 18.2. The molecule has 11 heteroatoms. The first-order valence-electron chi connectivity index (χ1n) is 12.1. The standard InChI is InChI=1S/C27H22F3N3O2S3/c28-27(29,30)18-8-9-23-21(11-18)33(20-4-1-2-6-22(20)38-23)25(35)15-37-26(36)31-12-16-10-17(14-31)19-5-3-7-24(34)32(19)13-16/h1-9,11,16-17H,10,12-15H2/t16-,17-/m0/s1. The molecule has 0 saturated carbocycles. The molecule has 2 aromatic carbocycles. The summed E-state index contributed by atoms with van der Waals surface area (Å²) in [5.74, 6) is 0.133. The van der Waals surface area contributed by atoms with Crippen LogP contribution in [0.3, 0.4) is 0 Å². The number of anilines is 2. The van der Waals surface area contributed by atoms with Crippen molar-refractivity contribution in [2.45, 2.75) is 34.9 Å². The molecule has 196 valence electrons. The summed E-state index contributed by atoms with van der Waals surface area (Å²) in [5.41, 5.74) is 1.03. The van der Waals surface area contributed by atoms with E-state index >= 15 is 0 Å². The van der Waals surface area contributed by atoms with Gasteiger partial charge in [-0.05, 0) is 48.7 Å². The second-order valence-electron chi connectivity index (χ2n) is 9.64. The van der Waals surface area contributed by atoms with Crippen LogP contribution >= 0.6 is 35.7 Å². The van der Waals surface area contributed by atoms with Crippen molar-refractivity contribution in [1.82, 2.24) is 9.47 Å². The Morgan fingerprint density at radius 1 is 1.00 bits per heavy atom. The number of nitrogens with zero attached hydrogens (tertiary/aromatic N) is 3. The molecule has 1 saturated heterocycles. The quantitative estimate of drug-likeness (QED) is 0.344.